The quantitative estimate of drug-likeness (QED) is 0.803. The van der Waals surface area contributed by atoms with Gasteiger partial charge in [-0.3, -0.25) is 0 Å². The van der Waals surface area contributed by atoms with E-state index >= 15 is 0 Å². The molecule has 1 heterocycles. The highest BCUT2D eigenvalue weighted by atomic mass is 35.5. The van der Waals surface area contributed by atoms with Gasteiger partial charge in [0.05, 0.1) is 0 Å². The molecule has 1 aromatic carbocycles. The Hall–Kier alpha value is -0.640. The summed E-state index contributed by atoms with van der Waals surface area (Å²) in [5.74, 6) is -0.227. The van der Waals surface area contributed by atoms with Crippen molar-refractivity contribution in [2.45, 2.75) is 45.2 Å². The first-order chi connectivity index (χ1) is 9.68. The number of halogens is 2. The van der Waals surface area contributed by atoms with E-state index in [0.29, 0.717) is 23.2 Å². The highest BCUT2D eigenvalue weighted by Crippen LogP contribution is 2.18. The van der Waals surface area contributed by atoms with Crippen molar-refractivity contribution in [3.63, 3.8) is 0 Å². The number of rotatable bonds is 6. The zero-order chi connectivity index (χ0) is 14.4. The van der Waals surface area contributed by atoms with Crippen LogP contribution in [0.2, 0.25) is 5.02 Å². The molecule has 1 fully saturated rings. The highest BCUT2D eigenvalue weighted by molar-refractivity contribution is 6.31. The molecule has 1 N–H and O–H groups in total. The molecule has 1 atom stereocenters. The fraction of sp³-hybridized carbons (Fsp3) is 0.625. The number of hydrogen-bond donors (Lipinski definition) is 1. The molecule has 1 aliphatic heterocycles. The van der Waals surface area contributed by atoms with Gasteiger partial charge in [0, 0.05) is 23.2 Å². The molecular formula is C16H24ClFN2. The van der Waals surface area contributed by atoms with Gasteiger partial charge < -0.3 is 10.2 Å². The molecule has 112 valence electrons. The van der Waals surface area contributed by atoms with Crippen LogP contribution in [0.25, 0.3) is 0 Å². The molecule has 1 unspecified atom stereocenters. The molecular weight excluding hydrogens is 275 g/mol. The second kappa shape index (κ2) is 7.96. The normalized spacial score (nSPS) is 20.2. The molecule has 20 heavy (non-hydrogen) atoms. The van der Waals surface area contributed by atoms with Crippen molar-refractivity contribution in [2.75, 3.05) is 19.6 Å². The molecule has 0 amide bonds. The molecule has 0 radical (unpaired) electrons. The number of hydrogen-bond acceptors (Lipinski definition) is 2. The molecule has 1 aromatic rings. The average molecular weight is 299 g/mol. The molecule has 2 nitrogen and oxygen atoms in total. The second-order valence-corrected chi connectivity index (χ2v) is 6.02. The average Bonchev–Trinajstić information content (AvgIpc) is 2.43. The first-order valence-corrected chi connectivity index (χ1v) is 7.94. The van der Waals surface area contributed by atoms with Crippen LogP contribution >= 0.6 is 11.6 Å². The third-order valence-corrected chi connectivity index (χ3v) is 4.46. The fourth-order valence-corrected chi connectivity index (χ4v) is 3.04. The van der Waals surface area contributed by atoms with Gasteiger partial charge in [-0.05, 0) is 58.0 Å². The van der Waals surface area contributed by atoms with E-state index in [1.165, 1.54) is 31.9 Å². The molecule has 2 rings (SSSR count). The predicted octanol–water partition coefficient (Wildman–Crippen LogP) is 3.83. The van der Waals surface area contributed by atoms with E-state index in [1.54, 1.807) is 12.1 Å². The van der Waals surface area contributed by atoms with E-state index in [9.17, 15) is 4.39 Å². The number of nitrogens with one attached hydrogen (secondary N) is 1. The van der Waals surface area contributed by atoms with Gasteiger partial charge in [0.25, 0.3) is 0 Å². The van der Waals surface area contributed by atoms with Crippen LogP contribution in [-0.2, 0) is 6.54 Å². The van der Waals surface area contributed by atoms with Crippen LogP contribution < -0.4 is 5.32 Å². The molecule has 0 saturated carbocycles. The van der Waals surface area contributed by atoms with Crippen LogP contribution in [0.4, 0.5) is 4.39 Å². The third kappa shape index (κ3) is 4.44. The second-order valence-electron chi connectivity index (χ2n) is 5.61. The van der Waals surface area contributed by atoms with Gasteiger partial charge in [-0.25, -0.2) is 4.39 Å². The first kappa shape index (κ1) is 15.7. The Balaban J connectivity index is 1.66. The van der Waals surface area contributed by atoms with Gasteiger partial charge in [0.1, 0.15) is 5.82 Å². The van der Waals surface area contributed by atoms with Gasteiger partial charge in [-0.15, -0.1) is 0 Å². The SMILES string of the molecule is CC1CCCCN1CCCNCc1c(F)cccc1Cl. The van der Waals surface area contributed by atoms with Crippen molar-refractivity contribution in [3.8, 4) is 0 Å². The van der Waals surface area contributed by atoms with Gasteiger partial charge >= 0.3 is 0 Å². The number of benzene rings is 1. The van der Waals surface area contributed by atoms with E-state index < -0.39 is 0 Å². The molecule has 0 spiro atoms. The van der Waals surface area contributed by atoms with Crippen LogP contribution in [0.1, 0.15) is 38.2 Å². The Bertz CT molecular complexity index is 405. The summed E-state index contributed by atoms with van der Waals surface area (Å²) in [6.45, 7) is 6.06. The Morgan fingerprint density at radius 1 is 1.40 bits per heavy atom. The smallest absolute Gasteiger partial charge is 0.129 e. The summed E-state index contributed by atoms with van der Waals surface area (Å²) in [5.41, 5.74) is 0.570. The minimum Gasteiger partial charge on any atom is -0.312 e. The number of nitrogens with zero attached hydrogens (tertiary/aromatic N) is 1. The van der Waals surface area contributed by atoms with Crippen LogP contribution in [0.3, 0.4) is 0 Å². The van der Waals surface area contributed by atoms with Crippen molar-refractivity contribution < 1.29 is 4.39 Å². The Kier molecular flexibility index (Phi) is 6.27. The van der Waals surface area contributed by atoms with Gasteiger partial charge in [0.2, 0.25) is 0 Å². The Morgan fingerprint density at radius 2 is 2.25 bits per heavy atom. The highest BCUT2D eigenvalue weighted by Gasteiger charge is 2.17. The maximum absolute atomic E-state index is 13.6. The number of likely N-dealkylation sites (tertiary alicyclic amines) is 1. The van der Waals surface area contributed by atoms with Gasteiger partial charge in [0.15, 0.2) is 0 Å². The van der Waals surface area contributed by atoms with Crippen molar-refractivity contribution >= 4 is 11.6 Å². The topological polar surface area (TPSA) is 15.3 Å². The zero-order valence-corrected chi connectivity index (χ0v) is 12.9. The standard InChI is InChI=1S/C16H24ClFN2/c1-13-6-2-3-10-20(13)11-5-9-19-12-14-15(17)7-4-8-16(14)18/h4,7-8,13,19H,2-3,5-6,9-12H2,1H3. The van der Waals surface area contributed by atoms with E-state index in [0.717, 1.165) is 19.5 Å². The molecule has 4 heteroatoms. The Morgan fingerprint density at radius 3 is 3.00 bits per heavy atom. The van der Waals surface area contributed by atoms with Crippen molar-refractivity contribution in [1.82, 2.24) is 10.2 Å². The molecule has 1 aliphatic rings. The Labute approximate surface area is 126 Å². The zero-order valence-electron chi connectivity index (χ0n) is 12.2. The van der Waals surface area contributed by atoms with Crippen LogP contribution in [0, 0.1) is 5.82 Å². The summed E-state index contributed by atoms with van der Waals surface area (Å²) in [7, 11) is 0. The minimum absolute atomic E-state index is 0.227. The fourth-order valence-electron chi connectivity index (χ4n) is 2.81. The molecule has 0 aromatic heterocycles. The number of piperidine rings is 1. The molecule has 0 bridgehead atoms. The predicted molar refractivity (Wildman–Crippen MR) is 82.6 cm³/mol. The van der Waals surface area contributed by atoms with Gasteiger partial charge in [-0.1, -0.05) is 24.1 Å². The monoisotopic (exact) mass is 298 g/mol. The van der Waals surface area contributed by atoms with E-state index in [4.69, 9.17) is 11.6 Å². The van der Waals surface area contributed by atoms with Crippen LogP contribution in [0.5, 0.6) is 0 Å². The summed E-state index contributed by atoms with van der Waals surface area (Å²) >= 11 is 5.99. The summed E-state index contributed by atoms with van der Waals surface area (Å²) in [6.07, 6.45) is 5.10. The lowest BCUT2D eigenvalue weighted by Gasteiger charge is -2.33. The van der Waals surface area contributed by atoms with E-state index in [1.807, 2.05) is 0 Å². The molecule has 0 aliphatic carbocycles. The summed E-state index contributed by atoms with van der Waals surface area (Å²) < 4.78 is 13.6. The minimum atomic E-state index is -0.227. The largest absolute Gasteiger partial charge is 0.312 e. The summed E-state index contributed by atoms with van der Waals surface area (Å²) in [5, 5.41) is 3.79. The van der Waals surface area contributed by atoms with E-state index in [-0.39, 0.29) is 5.82 Å². The van der Waals surface area contributed by atoms with Crippen LogP contribution in [0.15, 0.2) is 18.2 Å². The van der Waals surface area contributed by atoms with Crippen molar-refractivity contribution in [1.29, 1.82) is 0 Å². The summed E-state index contributed by atoms with van der Waals surface area (Å²) in [4.78, 5) is 2.56. The van der Waals surface area contributed by atoms with Gasteiger partial charge in [-0.2, -0.15) is 0 Å². The molecule has 1 saturated heterocycles. The van der Waals surface area contributed by atoms with Crippen LogP contribution in [-0.4, -0.2) is 30.6 Å². The first-order valence-electron chi connectivity index (χ1n) is 7.56. The summed E-state index contributed by atoms with van der Waals surface area (Å²) in [6, 6.07) is 5.54. The lowest BCUT2D eigenvalue weighted by Crippen LogP contribution is -2.38. The van der Waals surface area contributed by atoms with Crippen molar-refractivity contribution in [3.05, 3.63) is 34.6 Å². The lowest BCUT2D eigenvalue weighted by molar-refractivity contribution is 0.159. The third-order valence-electron chi connectivity index (χ3n) is 4.10. The van der Waals surface area contributed by atoms with Crippen molar-refractivity contribution in [2.24, 2.45) is 0 Å². The maximum Gasteiger partial charge on any atom is 0.129 e. The lowest BCUT2D eigenvalue weighted by atomic mass is 10.0. The maximum atomic E-state index is 13.6. The van der Waals surface area contributed by atoms with E-state index in [2.05, 4.69) is 17.1 Å².